The number of hydrogen-bond acceptors (Lipinski definition) is 5. The first kappa shape index (κ1) is 14.2. The van der Waals surface area contributed by atoms with Gasteiger partial charge in [0.1, 0.15) is 0 Å². The molecule has 0 aromatic carbocycles. The van der Waals surface area contributed by atoms with Crippen LogP contribution in [0.25, 0.3) is 0 Å². The first-order valence-electron chi connectivity index (χ1n) is 5.36. The van der Waals surface area contributed by atoms with E-state index < -0.39 is 0 Å². The van der Waals surface area contributed by atoms with Gasteiger partial charge in [-0.25, -0.2) is 4.98 Å². The van der Waals surface area contributed by atoms with Crippen LogP contribution in [-0.2, 0) is 11.3 Å². The Bertz CT molecular complexity index is 384. The minimum Gasteiger partial charge on any atom is -0.375 e. The maximum Gasteiger partial charge on any atom is 0.237 e. The van der Waals surface area contributed by atoms with Crippen molar-refractivity contribution in [1.82, 2.24) is 15.2 Å². The number of nitrogens with zero attached hydrogens (tertiary/aromatic N) is 2. The summed E-state index contributed by atoms with van der Waals surface area (Å²) >= 11 is 1.49. The molecule has 1 aromatic heterocycles. The van der Waals surface area contributed by atoms with Gasteiger partial charge in [-0.2, -0.15) is 0 Å². The van der Waals surface area contributed by atoms with Crippen LogP contribution in [0, 0.1) is 0 Å². The summed E-state index contributed by atoms with van der Waals surface area (Å²) in [6.45, 7) is 1.74. The normalized spacial score (nSPS) is 19.9. The van der Waals surface area contributed by atoms with Gasteiger partial charge < -0.3 is 11.1 Å². The molecule has 1 atom stereocenters. The van der Waals surface area contributed by atoms with Crippen molar-refractivity contribution in [1.29, 1.82) is 0 Å². The number of rotatable bonds is 3. The van der Waals surface area contributed by atoms with Gasteiger partial charge in [0, 0.05) is 24.7 Å². The molecule has 7 heteroatoms. The summed E-state index contributed by atoms with van der Waals surface area (Å²) in [5, 5.41) is 3.30. The lowest BCUT2D eigenvalue weighted by Gasteiger charge is -2.21. The van der Waals surface area contributed by atoms with Crippen molar-refractivity contribution in [2.24, 2.45) is 0 Å². The van der Waals surface area contributed by atoms with Crippen molar-refractivity contribution < 1.29 is 4.79 Å². The Morgan fingerprint density at radius 1 is 1.76 bits per heavy atom. The van der Waals surface area contributed by atoms with Gasteiger partial charge in [0.25, 0.3) is 0 Å². The number of thiazole rings is 1. The number of hydrogen-bond donors (Lipinski definition) is 2. The Hall–Kier alpha value is -0.850. The van der Waals surface area contributed by atoms with Crippen LogP contribution in [0.15, 0.2) is 6.20 Å². The molecule has 1 saturated heterocycles. The van der Waals surface area contributed by atoms with Crippen LogP contribution in [0.2, 0.25) is 0 Å². The van der Waals surface area contributed by atoms with E-state index in [1.54, 1.807) is 13.2 Å². The molecule has 96 valence electrons. The van der Waals surface area contributed by atoms with Gasteiger partial charge in [0.15, 0.2) is 5.13 Å². The number of aromatic nitrogens is 1. The average molecular weight is 277 g/mol. The van der Waals surface area contributed by atoms with Crippen molar-refractivity contribution in [3.63, 3.8) is 0 Å². The Morgan fingerprint density at radius 2 is 2.53 bits per heavy atom. The molecule has 0 radical (unpaired) electrons. The monoisotopic (exact) mass is 276 g/mol. The molecule has 1 fully saturated rings. The highest BCUT2D eigenvalue weighted by Gasteiger charge is 2.30. The molecule has 1 aliphatic rings. The van der Waals surface area contributed by atoms with Gasteiger partial charge in [-0.3, -0.25) is 9.69 Å². The number of carbonyl (C=O) groups is 1. The Kier molecular flexibility index (Phi) is 5.17. The molecule has 0 saturated carbocycles. The average Bonchev–Trinajstić information content (AvgIpc) is 2.87. The standard InChI is InChI=1S/C10H16N4OS.ClH/c1-12-9(15)8-3-2-4-14(8)6-7-5-13-10(11)16-7;/h5,8H,2-4,6H2,1H3,(H2,11,13)(H,12,15);1H. The second-order valence-electron chi connectivity index (χ2n) is 3.91. The Morgan fingerprint density at radius 3 is 3.12 bits per heavy atom. The molecule has 17 heavy (non-hydrogen) atoms. The van der Waals surface area contributed by atoms with Crippen LogP contribution >= 0.6 is 23.7 Å². The fourth-order valence-corrected chi connectivity index (χ4v) is 2.78. The van der Waals surface area contributed by atoms with Gasteiger partial charge in [0.05, 0.1) is 6.04 Å². The molecule has 0 spiro atoms. The fraction of sp³-hybridized carbons (Fsp3) is 0.600. The van der Waals surface area contributed by atoms with Crippen molar-refractivity contribution in [3.8, 4) is 0 Å². The van der Waals surface area contributed by atoms with Crippen molar-refractivity contribution in [2.75, 3.05) is 19.3 Å². The predicted octanol–water partition coefficient (Wildman–Crippen LogP) is 0.857. The smallest absolute Gasteiger partial charge is 0.237 e. The number of nitrogen functional groups attached to an aromatic ring is 1. The van der Waals surface area contributed by atoms with Gasteiger partial charge >= 0.3 is 0 Å². The van der Waals surface area contributed by atoms with Crippen molar-refractivity contribution >= 4 is 34.8 Å². The van der Waals surface area contributed by atoms with E-state index in [4.69, 9.17) is 5.73 Å². The zero-order valence-electron chi connectivity index (χ0n) is 9.68. The minimum atomic E-state index is 0. The van der Waals surface area contributed by atoms with E-state index >= 15 is 0 Å². The molecule has 5 nitrogen and oxygen atoms in total. The summed E-state index contributed by atoms with van der Waals surface area (Å²) in [5.41, 5.74) is 5.58. The van der Waals surface area contributed by atoms with Gasteiger partial charge in [-0.15, -0.1) is 23.7 Å². The Labute approximate surface area is 111 Å². The molecule has 1 aromatic rings. The fourth-order valence-electron chi connectivity index (χ4n) is 2.07. The van der Waals surface area contributed by atoms with E-state index in [2.05, 4.69) is 15.2 Å². The summed E-state index contributed by atoms with van der Waals surface area (Å²) in [6, 6.07) is 0.00771. The van der Waals surface area contributed by atoms with E-state index in [1.807, 2.05) is 0 Å². The molecule has 1 amide bonds. The van der Waals surface area contributed by atoms with E-state index in [-0.39, 0.29) is 24.4 Å². The highest BCUT2D eigenvalue weighted by atomic mass is 35.5. The molecule has 2 rings (SSSR count). The molecule has 0 aliphatic carbocycles. The maximum absolute atomic E-state index is 11.6. The summed E-state index contributed by atoms with van der Waals surface area (Å²) in [6.07, 6.45) is 3.81. The van der Waals surface area contributed by atoms with Gasteiger partial charge in [-0.05, 0) is 19.4 Å². The van der Waals surface area contributed by atoms with Crippen LogP contribution < -0.4 is 11.1 Å². The topological polar surface area (TPSA) is 71.2 Å². The van der Waals surface area contributed by atoms with Gasteiger partial charge in [0.2, 0.25) is 5.91 Å². The third kappa shape index (κ3) is 3.31. The molecule has 1 unspecified atom stereocenters. The number of nitrogens with one attached hydrogen (secondary N) is 1. The lowest BCUT2D eigenvalue weighted by Crippen LogP contribution is -2.41. The van der Waals surface area contributed by atoms with Crippen LogP contribution in [0.4, 0.5) is 5.13 Å². The first-order chi connectivity index (χ1) is 7.70. The lowest BCUT2D eigenvalue weighted by atomic mass is 10.2. The third-order valence-electron chi connectivity index (χ3n) is 2.84. The predicted molar refractivity (Wildman–Crippen MR) is 71.3 cm³/mol. The number of carbonyl (C=O) groups excluding carboxylic acids is 1. The largest absolute Gasteiger partial charge is 0.375 e. The summed E-state index contributed by atoms with van der Waals surface area (Å²) in [4.78, 5) is 19.0. The van der Waals surface area contributed by atoms with Crippen LogP contribution in [0.5, 0.6) is 0 Å². The zero-order chi connectivity index (χ0) is 11.5. The van der Waals surface area contributed by atoms with Crippen molar-refractivity contribution in [2.45, 2.75) is 25.4 Å². The van der Waals surface area contributed by atoms with Crippen LogP contribution in [0.3, 0.4) is 0 Å². The van der Waals surface area contributed by atoms with Crippen LogP contribution in [0.1, 0.15) is 17.7 Å². The molecule has 3 N–H and O–H groups in total. The highest BCUT2D eigenvalue weighted by Crippen LogP contribution is 2.23. The maximum atomic E-state index is 11.6. The first-order valence-corrected chi connectivity index (χ1v) is 6.18. The van der Waals surface area contributed by atoms with Gasteiger partial charge in [-0.1, -0.05) is 0 Å². The van der Waals surface area contributed by atoms with Crippen molar-refractivity contribution in [3.05, 3.63) is 11.1 Å². The van der Waals surface area contributed by atoms with E-state index in [0.717, 1.165) is 30.8 Å². The SMILES string of the molecule is CNC(=O)C1CCCN1Cc1cnc(N)s1.Cl. The second kappa shape index (κ2) is 6.18. The minimum absolute atomic E-state index is 0. The second-order valence-corrected chi connectivity index (χ2v) is 5.05. The van der Waals surface area contributed by atoms with Crippen LogP contribution in [-0.4, -0.2) is 35.4 Å². The molecular formula is C10H17ClN4OS. The Balaban J connectivity index is 0.00000144. The number of halogens is 1. The zero-order valence-corrected chi connectivity index (χ0v) is 11.3. The van der Waals surface area contributed by atoms with E-state index in [0.29, 0.717) is 5.13 Å². The summed E-state index contributed by atoms with van der Waals surface area (Å²) in [5.74, 6) is 0.106. The number of amides is 1. The van der Waals surface area contributed by atoms with E-state index in [1.165, 1.54) is 11.3 Å². The number of likely N-dealkylation sites (tertiary alicyclic amines) is 1. The highest BCUT2D eigenvalue weighted by molar-refractivity contribution is 7.15. The lowest BCUT2D eigenvalue weighted by molar-refractivity contribution is -0.125. The molecule has 2 heterocycles. The summed E-state index contributed by atoms with van der Waals surface area (Å²) in [7, 11) is 1.68. The molecule has 0 bridgehead atoms. The molecule has 1 aliphatic heterocycles. The third-order valence-corrected chi connectivity index (χ3v) is 3.65. The quantitative estimate of drug-likeness (QED) is 0.859. The number of likely N-dealkylation sites (N-methyl/N-ethyl adjacent to an activating group) is 1. The molecular weight excluding hydrogens is 260 g/mol. The number of anilines is 1. The summed E-state index contributed by atoms with van der Waals surface area (Å²) < 4.78 is 0. The number of nitrogens with two attached hydrogens (primary N) is 1. The van der Waals surface area contributed by atoms with E-state index in [9.17, 15) is 4.79 Å².